The Bertz CT molecular complexity index is 397. The Hall–Kier alpha value is -0.910. The van der Waals surface area contributed by atoms with Crippen LogP contribution in [0.15, 0.2) is 6.20 Å². The Kier molecular flexibility index (Phi) is 2.90. The maximum atomic E-state index is 6.18. The molecule has 1 aromatic rings. The second kappa shape index (κ2) is 4.40. The van der Waals surface area contributed by atoms with E-state index < -0.39 is 0 Å². The third-order valence-corrected chi connectivity index (χ3v) is 3.92. The van der Waals surface area contributed by atoms with E-state index in [0.29, 0.717) is 6.04 Å². The standard InChI is InChI=1S/C12H20N4O/c1-15-11-6-9(13)7-12(10(11)8-14-15)16-2-4-17-5-3-16/h8-9,12H,2-7,13H2,1H3. The highest BCUT2D eigenvalue weighted by molar-refractivity contribution is 5.26. The lowest BCUT2D eigenvalue weighted by Gasteiger charge is -2.38. The van der Waals surface area contributed by atoms with Gasteiger partial charge in [0.25, 0.3) is 0 Å². The molecule has 0 amide bonds. The fraction of sp³-hybridized carbons (Fsp3) is 0.750. The number of aryl methyl sites for hydroxylation is 1. The molecule has 2 heterocycles. The zero-order valence-electron chi connectivity index (χ0n) is 10.3. The van der Waals surface area contributed by atoms with E-state index >= 15 is 0 Å². The molecule has 2 aliphatic rings. The molecule has 5 heteroatoms. The first kappa shape index (κ1) is 11.2. The van der Waals surface area contributed by atoms with Crippen LogP contribution in [0.3, 0.4) is 0 Å². The molecule has 17 heavy (non-hydrogen) atoms. The van der Waals surface area contributed by atoms with Gasteiger partial charge in [0, 0.05) is 49.9 Å². The number of aromatic nitrogens is 2. The molecule has 1 aromatic heterocycles. The van der Waals surface area contributed by atoms with Crippen molar-refractivity contribution in [3.05, 3.63) is 17.5 Å². The van der Waals surface area contributed by atoms with Crippen LogP contribution in [0.5, 0.6) is 0 Å². The summed E-state index contributed by atoms with van der Waals surface area (Å²) in [7, 11) is 2.01. The highest BCUT2D eigenvalue weighted by atomic mass is 16.5. The van der Waals surface area contributed by atoms with Crippen molar-refractivity contribution < 1.29 is 4.74 Å². The quantitative estimate of drug-likeness (QED) is 0.749. The fourth-order valence-corrected chi connectivity index (χ4v) is 2.99. The van der Waals surface area contributed by atoms with Gasteiger partial charge in [-0.3, -0.25) is 9.58 Å². The molecule has 0 saturated carbocycles. The molecular formula is C12H20N4O. The predicted octanol–water partition coefficient (Wildman–Crippen LogP) is 0.0669. The third kappa shape index (κ3) is 1.99. The number of ether oxygens (including phenoxy) is 1. The highest BCUT2D eigenvalue weighted by Gasteiger charge is 2.32. The average molecular weight is 236 g/mol. The molecular weight excluding hydrogens is 216 g/mol. The van der Waals surface area contributed by atoms with Crippen molar-refractivity contribution in [3.8, 4) is 0 Å². The van der Waals surface area contributed by atoms with Crippen LogP contribution >= 0.6 is 0 Å². The van der Waals surface area contributed by atoms with E-state index in [2.05, 4.69) is 10.00 Å². The van der Waals surface area contributed by atoms with Crippen LogP contribution in [0, 0.1) is 0 Å². The molecule has 5 nitrogen and oxygen atoms in total. The van der Waals surface area contributed by atoms with Crippen molar-refractivity contribution in [1.82, 2.24) is 14.7 Å². The Morgan fingerprint density at radius 2 is 2.18 bits per heavy atom. The van der Waals surface area contributed by atoms with E-state index in [4.69, 9.17) is 10.5 Å². The summed E-state index contributed by atoms with van der Waals surface area (Å²) in [4.78, 5) is 2.49. The average Bonchev–Trinajstić information content (AvgIpc) is 2.72. The van der Waals surface area contributed by atoms with E-state index in [1.807, 2.05) is 17.9 Å². The minimum Gasteiger partial charge on any atom is -0.379 e. The summed E-state index contributed by atoms with van der Waals surface area (Å²) in [6, 6.07) is 0.692. The summed E-state index contributed by atoms with van der Waals surface area (Å²) in [6.45, 7) is 3.68. The third-order valence-electron chi connectivity index (χ3n) is 3.92. The van der Waals surface area contributed by atoms with Gasteiger partial charge < -0.3 is 10.5 Å². The first-order chi connectivity index (χ1) is 8.25. The first-order valence-corrected chi connectivity index (χ1v) is 6.34. The van der Waals surface area contributed by atoms with Gasteiger partial charge in [-0.05, 0) is 6.42 Å². The van der Waals surface area contributed by atoms with Gasteiger partial charge in [-0.25, -0.2) is 0 Å². The van der Waals surface area contributed by atoms with Crippen molar-refractivity contribution in [1.29, 1.82) is 0 Å². The lowest BCUT2D eigenvalue weighted by atomic mass is 9.88. The van der Waals surface area contributed by atoms with Crippen LogP contribution < -0.4 is 5.73 Å². The molecule has 0 radical (unpaired) electrons. The smallest absolute Gasteiger partial charge is 0.0594 e. The summed E-state index contributed by atoms with van der Waals surface area (Å²) in [6.07, 6.45) is 4.01. The number of hydrogen-bond acceptors (Lipinski definition) is 4. The zero-order valence-corrected chi connectivity index (χ0v) is 10.3. The zero-order chi connectivity index (χ0) is 11.8. The first-order valence-electron chi connectivity index (χ1n) is 6.34. The van der Waals surface area contributed by atoms with E-state index in [1.54, 1.807) is 0 Å². The topological polar surface area (TPSA) is 56.3 Å². The molecule has 1 fully saturated rings. The molecule has 0 bridgehead atoms. The lowest BCUT2D eigenvalue weighted by molar-refractivity contribution is 0.0111. The number of nitrogens with zero attached hydrogens (tertiary/aromatic N) is 3. The summed E-state index contributed by atoms with van der Waals surface area (Å²) in [5.41, 5.74) is 8.85. The molecule has 94 valence electrons. The second-order valence-corrected chi connectivity index (χ2v) is 5.03. The van der Waals surface area contributed by atoms with Gasteiger partial charge in [0.2, 0.25) is 0 Å². The van der Waals surface area contributed by atoms with Crippen LogP contribution in [-0.2, 0) is 18.2 Å². The van der Waals surface area contributed by atoms with Gasteiger partial charge in [-0.1, -0.05) is 0 Å². The Balaban J connectivity index is 1.89. The molecule has 2 atom stereocenters. The second-order valence-electron chi connectivity index (χ2n) is 5.03. The number of rotatable bonds is 1. The van der Waals surface area contributed by atoms with Crippen LogP contribution in [0.1, 0.15) is 23.7 Å². The fourth-order valence-electron chi connectivity index (χ4n) is 2.99. The van der Waals surface area contributed by atoms with Gasteiger partial charge >= 0.3 is 0 Å². The van der Waals surface area contributed by atoms with Gasteiger partial charge in [0.15, 0.2) is 0 Å². The van der Waals surface area contributed by atoms with Crippen LogP contribution in [-0.4, -0.2) is 47.0 Å². The van der Waals surface area contributed by atoms with Crippen LogP contribution in [0.2, 0.25) is 0 Å². The van der Waals surface area contributed by atoms with E-state index in [9.17, 15) is 0 Å². The minimum absolute atomic E-state index is 0.255. The summed E-state index contributed by atoms with van der Waals surface area (Å²) in [5, 5.41) is 4.38. The summed E-state index contributed by atoms with van der Waals surface area (Å²) in [5.74, 6) is 0. The molecule has 2 N–H and O–H groups in total. The largest absolute Gasteiger partial charge is 0.379 e. The summed E-state index contributed by atoms with van der Waals surface area (Å²) >= 11 is 0. The van der Waals surface area contributed by atoms with Crippen molar-refractivity contribution in [2.75, 3.05) is 26.3 Å². The monoisotopic (exact) mass is 236 g/mol. The highest BCUT2D eigenvalue weighted by Crippen LogP contribution is 2.33. The van der Waals surface area contributed by atoms with Crippen molar-refractivity contribution >= 4 is 0 Å². The van der Waals surface area contributed by atoms with Gasteiger partial charge in [-0.2, -0.15) is 5.10 Å². The lowest BCUT2D eigenvalue weighted by Crippen LogP contribution is -2.44. The van der Waals surface area contributed by atoms with Crippen molar-refractivity contribution in [2.45, 2.75) is 24.9 Å². The van der Waals surface area contributed by atoms with E-state index in [-0.39, 0.29) is 6.04 Å². The van der Waals surface area contributed by atoms with Crippen LogP contribution in [0.25, 0.3) is 0 Å². The maximum absolute atomic E-state index is 6.18. The molecule has 0 aromatic carbocycles. The van der Waals surface area contributed by atoms with Gasteiger partial charge in [0.1, 0.15) is 0 Å². The predicted molar refractivity (Wildman–Crippen MR) is 64.6 cm³/mol. The molecule has 2 unspecified atom stereocenters. The van der Waals surface area contributed by atoms with Crippen LogP contribution in [0.4, 0.5) is 0 Å². The Morgan fingerprint density at radius 1 is 1.41 bits per heavy atom. The van der Waals surface area contributed by atoms with Crippen molar-refractivity contribution in [2.24, 2.45) is 12.8 Å². The molecule has 1 aliphatic heterocycles. The van der Waals surface area contributed by atoms with Crippen molar-refractivity contribution in [3.63, 3.8) is 0 Å². The number of hydrogen-bond donors (Lipinski definition) is 1. The normalized spacial score (nSPS) is 30.2. The molecule has 3 rings (SSSR count). The minimum atomic E-state index is 0.255. The Labute approximate surface area is 102 Å². The molecule has 1 aliphatic carbocycles. The number of fused-ring (bicyclic) bond motifs is 1. The number of nitrogens with two attached hydrogens (primary N) is 1. The summed E-state index contributed by atoms with van der Waals surface area (Å²) < 4.78 is 7.39. The maximum Gasteiger partial charge on any atom is 0.0594 e. The molecule has 0 spiro atoms. The van der Waals surface area contributed by atoms with Gasteiger partial charge in [0.05, 0.1) is 19.4 Å². The number of morpholine rings is 1. The van der Waals surface area contributed by atoms with Gasteiger partial charge in [-0.15, -0.1) is 0 Å². The van der Waals surface area contributed by atoms with E-state index in [0.717, 1.165) is 39.1 Å². The molecule has 1 saturated heterocycles. The SMILES string of the molecule is Cn1ncc2c1CC(N)CC2N1CCOCC1. The van der Waals surface area contributed by atoms with E-state index in [1.165, 1.54) is 11.3 Å². The Morgan fingerprint density at radius 3 is 2.94 bits per heavy atom.